The van der Waals surface area contributed by atoms with Crippen molar-refractivity contribution in [3.63, 3.8) is 0 Å². The van der Waals surface area contributed by atoms with E-state index >= 15 is 0 Å². The third kappa shape index (κ3) is 4.74. The number of halogens is 2. The van der Waals surface area contributed by atoms with Crippen LogP contribution in [0.2, 0.25) is 0 Å². The predicted molar refractivity (Wildman–Crippen MR) is 127 cm³/mol. The number of nitrogens with two attached hydrogens (primary N) is 1. The van der Waals surface area contributed by atoms with E-state index in [-0.39, 0.29) is 30.7 Å². The van der Waals surface area contributed by atoms with Crippen LogP contribution >= 0.6 is 36.2 Å². The molecule has 1 aliphatic heterocycles. The van der Waals surface area contributed by atoms with Gasteiger partial charge in [0.25, 0.3) is 0 Å². The molecule has 0 radical (unpaired) electrons. The standard InChI is InChI=1S/C22H23N3OS.2ClH/c1-14-8-10-16(11-9-14)22-20(27-15(2)24-22)13-21(26)25-12-4-5-17-18(23)6-3-7-19(17)25;;/h3,6-11H,4-5,12-13,23H2,1-2H3;2*1H. The topological polar surface area (TPSA) is 59.2 Å². The Labute approximate surface area is 188 Å². The number of thiazole rings is 1. The van der Waals surface area contributed by atoms with Crippen LogP contribution in [0.15, 0.2) is 42.5 Å². The number of aromatic nitrogens is 1. The Bertz CT molecular complexity index is 1000. The number of hydrogen-bond donors (Lipinski definition) is 1. The van der Waals surface area contributed by atoms with E-state index < -0.39 is 0 Å². The zero-order valence-corrected chi connectivity index (χ0v) is 18.9. The van der Waals surface area contributed by atoms with Crippen LogP contribution in [0.1, 0.15) is 27.4 Å². The highest BCUT2D eigenvalue weighted by Crippen LogP contribution is 2.33. The maximum absolute atomic E-state index is 13.2. The van der Waals surface area contributed by atoms with Crippen molar-refractivity contribution in [1.29, 1.82) is 0 Å². The lowest BCUT2D eigenvalue weighted by Crippen LogP contribution is -2.36. The summed E-state index contributed by atoms with van der Waals surface area (Å²) in [6.45, 7) is 4.81. The van der Waals surface area contributed by atoms with E-state index in [2.05, 4.69) is 31.2 Å². The fraction of sp³-hybridized carbons (Fsp3) is 0.273. The van der Waals surface area contributed by atoms with E-state index in [0.29, 0.717) is 6.42 Å². The Morgan fingerprint density at radius 2 is 1.86 bits per heavy atom. The van der Waals surface area contributed by atoms with E-state index in [9.17, 15) is 4.79 Å². The molecule has 7 heteroatoms. The second kappa shape index (κ2) is 9.61. The number of nitrogen functional groups attached to an aromatic ring is 1. The average Bonchev–Trinajstić information content (AvgIpc) is 3.02. The maximum Gasteiger partial charge on any atom is 0.232 e. The molecule has 0 saturated heterocycles. The van der Waals surface area contributed by atoms with Crippen LogP contribution < -0.4 is 10.6 Å². The molecule has 0 fully saturated rings. The van der Waals surface area contributed by atoms with Gasteiger partial charge in [-0.1, -0.05) is 35.9 Å². The summed E-state index contributed by atoms with van der Waals surface area (Å²) in [5.74, 6) is 0.110. The SMILES string of the molecule is Cc1ccc(-c2nc(C)sc2CC(=O)N2CCCc3c(N)cccc32)cc1.Cl.Cl. The molecule has 1 aliphatic rings. The predicted octanol–water partition coefficient (Wildman–Crippen LogP) is 5.37. The van der Waals surface area contributed by atoms with Crippen molar-refractivity contribution in [2.45, 2.75) is 33.1 Å². The average molecular weight is 450 g/mol. The summed E-state index contributed by atoms with van der Waals surface area (Å²) < 4.78 is 0. The Balaban J connectivity index is 0.00000150. The van der Waals surface area contributed by atoms with Crippen LogP contribution in [0.3, 0.4) is 0 Å². The number of hydrogen-bond acceptors (Lipinski definition) is 4. The lowest BCUT2D eigenvalue weighted by atomic mass is 9.99. The molecule has 154 valence electrons. The highest BCUT2D eigenvalue weighted by molar-refractivity contribution is 7.12. The summed E-state index contributed by atoms with van der Waals surface area (Å²) in [6.07, 6.45) is 2.24. The molecule has 2 N–H and O–H groups in total. The number of rotatable bonds is 3. The van der Waals surface area contributed by atoms with Crippen LogP contribution in [0.25, 0.3) is 11.3 Å². The molecule has 0 saturated carbocycles. The Morgan fingerprint density at radius 1 is 1.14 bits per heavy atom. The van der Waals surface area contributed by atoms with E-state index in [1.54, 1.807) is 11.3 Å². The summed E-state index contributed by atoms with van der Waals surface area (Å²) in [5, 5.41) is 0.983. The van der Waals surface area contributed by atoms with Gasteiger partial charge in [0.15, 0.2) is 0 Å². The molecular formula is C22H25Cl2N3OS. The first-order valence-corrected chi connectivity index (χ1v) is 10.1. The summed E-state index contributed by atoms with van der Waals surface area (Å²) in [5.41, 5.74) is 12.2. The number of fused-ring (bicyclic) bond motifs is 1. The highest BCUT2D eigenvalue weighted by atomic mass is 35.5. The molecule has 2 heterocycles. The van der Waals surface area contributed by atoms with Gasteiger partial charge in [0, 0.05) is 28.4 Å². The summed E-state index contributed by atoms with van der Waals surface area (Å²) in [4.78, 5) is 20.8. The molecule has 0 atom stereocenters. The van der Waals surface area contributed by atoms with Gasteiger partial charge in [-0.25, -0.2) is 4.98 Å². The molecular weight excluding hydrogens is 425 g/mol. The molecule has 0 aliphatic carbocycles. The zero-order chi connectivity index (χ0) is 19.0. The van der Waals surface area contributed by atoms with Gasteiger partial charge in [-0.05, 0) is 44.4 Å². The van der Waals surface area contributed by atoms with Crippen molar-refractivity contribution in [2.75, 3.05) is 17.2 Å². The summed E-state index contributed by atoms with van der Waals surface area (Å²) in [7, 11) is 0. The minimum atomic E-state index is 0. The second-order valence-corrected chi connectivity index (χ2v) is 8.33. The van der Waals surface area contributed by atoms with Gasteiger partial charge in [0.05, 0.1) is 17.1 Å². The molecule has 0 unspecified atom stereocenters. The van der Waals surface area contributed by atoms with Crippen molar-refractivity contribution in [3.05, 3.63) is 63.5 Å². The fourth-order valence-electron chi connectivity index (χ4n) is 3.67. The van der Waals surface area contributed by atoms with Crippen molar-refractivity contribution < 1.29 is 4.79 Å². The van der Waals surface area contributed by atoms with Crippen molar-refractivity contribution >= 4 is 53.4 Å². The van der Waals surface area contributed by atoms with Gasteiger partial charge in [-0.15, -0.1) is 36.2 Å². The molecule has 3 aromatic rings. The number of carbonyl (C=O) groups excluding carboxylic acids is 1. The van der Waals surface area contributed by atoms with Crippen LogP contribution in [0.4, 0.5) is 11.4 Å². The molecule has 4 rings (SSSR count). The van der Waals surface area contributed by atoms with Gasteiger partial charge in [-0.2, -0.15) is 0 Å². The molecule has 1 amide bonds. The normalized spacial score (nSPS) is 12.6. The van der Waals surface area contributed by atoms with Crippen molar-refractivity contribution in [2.24, 2.45) is 0 Å². The van der Waals surface area contributed by atoms with Gasteiger partial charge in [0.2, 0.25) is 5.91 Å². The summed E-state index contributed by atoms with van der Waals surface area (Å²) in [6, 6.07) is 14.2. The fourth-order valence-corrected chi connectivity index (χ4v) is 4.62. The zero-order valence-electron chi connectivity index (χ0n) is 16.5. The first kappa shape index (κ1) is 23.2. The third-order valence-electron chi connectivity index (χ3n) is 5.03. The van der Waals surface area contributed by atoms with Crippen LogP contribution in [0.5, 0.6) is 0 Å². The first-order chi connectivity index (χ1) is 13.0. The largest absolute Gasteiger partial charge is 0.398 e. The van der Waals surface area contributed by atoms with E-state index in [4.69, 9.17) is 10.7 Å². The number of nitrogens with zero attached hydrogens (tertiary/aromatic N) is 2. The minimum absolute atomic E-state index is 0. The van der Waals surface area contributed by atoms with Gasteiger partial charge < -0.3 is 10.6 Å². The molecule has 4 nitrogen and oxygen atoms in total. The molecule has 29 heavy (non-hydrogen) atoms. The van der Waals surface area contributed by atoms with E-state index in [1.807, 2.05) is 30.0 Å². The highest BCUT2D eigenvalue weighted by Gasteiger charge is 2.25. The monoisotopic (exact) mass is 449 g/mol. The van der Waals surface area contributed by atoms with Crippen LogP contribution in [-0.2, 0) is 17.6 Å². The van der Waals surface area contributed by atoms with Crippen LogP contribution in [0, 0.1) is 13.8 Å². The number of carbonyl (C=O) groups is 1. The Morgan fingerprint density at radius 3 is 2.59 bits per heavy atom. The van der Waals surface area contributed by atoms with Crippen molar-refractivity contribution in [3.8, 4) is 11.3 Å². The quantitative estimate of drug-likeness (QED) is 0.546. The summed E-state index contributed by atoms with van der Waals surface area (Å²) >= 11 is 1.61. The second-order valence-electron chi connectivity index (χ2n) is 7.04. The molecule has 0 bridgehead atoms. The third-order valence-corrected chi connectivity index (χ3v) is 6.00. The van der Waals surface area contributed by atoms with Crippen molar-refractivity contribution in [1.82, 2.24) is 4.98 Å². The van der Waals surface area contributed by atoms with Crippen LogP contribution in [-0.4, -0.2) is 17.4 Å². The maximum atomic E-state index is 13.2. The number of aryl methyl sites for hydroxylation is 2. The molecule has 1 aromatic heterocycles. The van der Waals surface area contributed by atoms with Gasteiger partial charge in [0.1, 0.15) is 0 Å². The lowest BCUT2D eigenvalue weighted by Gasteiger charge is -2.30. The molecule has 2 aromatic carbocycles. The van der Waals surface area contributed by atoms with Gasteiger partial charge >= 0.3 is 0 Å². The van der Waals surface area contributed by atoms with Gasteiger partial charge in [-0.3, -0.25) is 4.79 Å². The Hall–Kier alpha value is -2.08. The number of amides is 1. The minimum Gasteiger partial charge on any atom is -0.398 e. The number of benzene rings is 2. The smallest absolute Gasteiger partial charge is 0.232 e. The Kier molecular flexibility index (Phi) is 7.69. The van der Waals surface area contributed by atoms with E-state index in [0.717, 1.165) is 57.5 Å². The number of anilines is 2. The molecule has 0 spiro atoms. The lowest BCUT2D eigenvalue weighted by molar-refractivity contribution is -0.118. The first-order valence-electron chi connectivity index (χ1n) is 9.24. The van der Waals surface area contributed by atoms with E-state index in [1.165, 1.54) is 5.56 Å².